The Morgan fingerprint density at radius 1 is 0.692 bits per heavy atom. The highest BCUT2D eigenvalue weighted by atomic mass is 14.7. The smallest absolute Gasteiger partial charge is 0.0540 e. The maximum atomic E-state index is 3.54. The zero-order valence-electron chi connectivity index (χ0n) is 14.3. The summed E-state index contributed by atoms with van der Waals surface area (Å²) >= 11 is 0. The average Bonchev–Trinajstić information content (AvgIpc) is 3.13. The van der Waals surface area contributed by atoms with Gasteiger partial charge >= 0.3 is 0 Å². The Morgan fingerprint density at radius 2 is 1.58 bits per heavy atom. The van der Waals surface area contributed by atoms with Crippen LogP contribution in [0.3, 0.4) is 0 Å². The topological polar surface area (TPSA) is 15.8 Å². The van der Waals surface area contributed by atoms with Gasteiger partial charge in [0.2, 0.25) is 0 Å². The van der Waals surface area contributed by atoms with E-state index in [1.807, 2.05) is 0 Å². The first-order valence-electron chi connectivity index (χ1n) is 9.10. The summed E-state index contributed by atoms with van der Waals surface area (Å²) in [7, 11) is 0. The number of hydrogen-bond acceptors (Lipinski definition) is 0. The standard InChI is InChI=1S/C25H17N/c1-2-9-19-16(5-1)11-14-22-23(15-26-25(19)22)20-13-12-18-7-3-6-17-8-4-10-21(20)24(17)18/h1-7,9-15,26H,8H2. The fourth-order valence-electron chi connectivity index (χ4n) is 4.46. The van der Waals surface area contributed by atoms with Crippen molar-refractivity contribution in [3.05, 3.63) is 90.1 Å². The van der Waals surface area contributed by atoms with Crippen molar-refractivity contribution in [2.75, 3.05) is 0 Å². The summed E-state index contributed by atoms with van der Waals surface area (Å²) in [6.07, 6.45) is 7.77. The molecule has 1 heteroatoms. The van der Waals surface area contributed by atoms with Crippen LogP contribution in [0.4, 0.5) is 0 Å². The van der Waals surface area contributed by atoms with Crippen LogP contribution in [0.15, 0.2) is 79.0 Å². The second-order valence-electron chi connectivity index (χ2n) is 7.06. The molecule has 0 fully saturated rings. The van der Waals surface area contributed by atoms with E-state index in [0.717, 1.165) is 6.42 Å². The summed E-state index contributed by atoms with van der Waals surface area (Å²) in [6.45, 7) is 0. The van der Waals surface area contributed by atoms with Crippen molar-refractivity contribution in [1.29, 1.82) is 0 Å². The van der Waals surface area contributed by atoms with E-state index in [0.29, 0.717) is 0 Å². The molecule has 0 saturated heterocycles. The van der Waals surface area contributed by atoms with Crippen LogP contribution in [-0.2, 0) is 6.42 Å². The Labute approximate surface area is 151 Å². The number of rotatable bonds is 1. The number of H-pyrrole nitrogens is 1. The van der Waals surface area contributed by atoms with Gasteiger partial charge in [0.15, 0.2) is 0 Å². The van der Waals surface area contributed by atoms with Crippen LogP contribution in [0.5, 0.6) is 0 Å². The number of benzene rings is 4. The highest BCUT2D eigenvalue weighted by Gasteiger charge is 2.16. The molecule has 0 spiro atoms. The molecule has 0 aliphatic heterocycles. The lowest BCUT2D eigenvalue weighted by atomic mass is 9.87. The Balaban J connectivity index is 1.71. The van der Waals surface area contributed by atoms with Crippen LogP contribution in [0.2, 0.25) is 0 Å². The van der Waals surface area contributed by atoms with Gasteiger partial charge in [-0.2, -0.15) is 0 Å². The van der Waals surface area contributed by atoms with Gasteiger partial charge in [0.25, 0.3) is 0 Å². The van der Waals surface area contributed by atoms with Gasteiger partial charge in [-0.15, -0.1) is 0 Å². The SMILES string of the molecule is C1=Cc2c(-c3c[nH]c4c3ccc3ccccc34)ccc3cccc(c23)C1. The highest BCUT2D eigenvalue weighted by molar-refractivity contribution is 6.12. The molecule has 1 N–H and O–H groups in total. The molecule has 1 heterocycles. The molecule has 1 nitrogen and oxygen atoms in total. The molecule has 1 aliphatic carbocycles. The van der Waals surface area contributed by atoms with Gasteiger partial charge in [0, 0.05) is 22.5 Å². The highest BCUT2D eigenvalue weighted by Crippen LogP contribution is 2.39. The van der Waals surface area contributed by atoms with Crippen LogP contribution in [-0.4, -0.2) is 4.98 Å². The molecular formula is C25H17N. The monoisotopic (exact) mass is 331 g/mol. The van der Waals surface area contributed by atoms with Crippen molar-refractivity contribution >= 4 is 38.5 Å². The molecule has 6 rings (SSSR count). The lowest BCUT2D eigenvalue weighted by Gasteiger charge is -2.16. The van der Waals surface area contributed by atoms with E-state index in [1.165, 1.54) is 54.7 Å². The van der Waals surface area contributed by atoms with Crippen LogP contribution in [0.25, 0.3) is 49.7 Å². The Hall–Kier alpha value is -3.32. The Kier molecular flexibility index (Phi) is 2.72. The third-order valence-corrected chi connectivity index (χ3v) is 5.66. The molecule has 1 aliphatic rings. The average molecular weight is 331 g/mol. The number of hydrogen-bond donors (Lipinski definition) is 1. The molecule has 0 amide bonds. The minimum Gasteiger partial charge on any atom is -0.360 e. The minimum absolute atomic E-state index is 1.02. The van der Waals surface area contributed by atoms with E-state index in [1.54, 1.807) is 0 Å². The van der Waals surface area contributed by atoms with Gasteiger partial charge in [-0.25, -0.2) is 0 Å². The van der Waals surface area contributed by atoms with Gasteiger partial charge in [-0.05, 0) is 39.3 Å². The number of aromatic amines is 1. The van der Waals surface area contributed by atoms with Crippen molar-refractivity contribution < 1.29 is 0 Å². The molecule has 0 saturated carbocycles. The summed E-state index contributed by atoms with van der Waals surface area (Å²) in [4.78, 5) is 3.54. The van der Waals surface area contributed by atoms with Crippen molar-refractivity contribution in [2.24, 2.45) is 0 Å². The van der Waals surface area contributed by atoms with Crippen molar-refractivity contribution in [2.45, 2.75) is 6.42 Å². The lowest BCUT2D eigenvalue weighted by molar-refractivity contribution is 1.29. The van der Waals surface area contributed by atoms with E-state index < -0.39 is 0 Å². The molecule has 4 aromatic carbocycles. The second-order valence-corrected chi connectivity index (χ2v) is 7.06. The fraction of sp³-hybridized carbons (Fsp3) is 0.0400. The van der Waals surface area contributed by atoms with E-state index in [2.05, 4.69) is 90.1 Å². The summed E-state index contributed by atoms with van der Waals surface area (Å²) in [5.41, 5.74) is 6.58. The quantitative estimate of drug-likeness (QED) is 0.351. The van der Waals surface area contributed by atoms with Crippen molar-refractivity contribution in [3.8, 4) is 11.1 Å². The molecule has 122 valence electrons. The predicted octanol–water partition coefficient (Wildman–Crippen LogP) is 6.71. The van der Waals surface area contributed by atoms with Crippen molar-refractivity contribution in [1.82, 2.24) is 4.98 Å². The van der Waals surface area contributed by atoms with Crippen LogP contribution in [0, 0.1) is 0 Å². The van der Waals surface area contributed by atoms with E-state index in [-0.39, 0.29) is 0 Å². The normalized spacial score (nSPS) is 13.1. The third kappa shape index (κ3) is 1.80. The van der Waals surface area contributed by atoms with Gasteiger partial charge in [-0.3, -0.25) is 0 Å². The largest absolute Gasteiger partial charge is 0.360 e. The maximum absolute atomic E-state index is 3.54. The molecule has 0 atom stereocenters. The molecule has 1 aromatic heterocycles. The molecule has 0 unspecified atom stereocenters. The molecule has 0 bridgehead atoms. The van der Waals surface area contributed by atoms with E-state index in [4.69, 9.17) is 0 Å². The third-order valence-electron chi connectivity index (χ3n) is 5.66. The first-order valence-corrected chi connectivity index (χ1v) is 9.10. The van der Waals surface area contributed by atoms with Gasteiger partial charge in [0.1, 0.15) is 0 Å². The Bertz CT molecular complexity index is 1350. The van der Waals surface area contributed by atoms with E-state index >= 15 is 0 Å². The maximum Gasteiger partial charge on any atom is 0.0540 e. The van der Waals surface area contributed by atoms with Gasteiger partial charge in [0.05, 0.1) is 5.52 Å². The first-order chi connectivity index (χ1) is 12.9. The minimum atomic E-state index is 1.02. The first kappa shape index (κ1) is 13.9. The Morgan fingerprint density at radius 3 is 2.58 bits per heavy atom. The van der Waals surface area contributed by atoms with Gasteiger partial charge < -0.3 is 4.98 Å². The molecule has 0 radical (unpaired) electrons. The molecule has 26 heavy (non-hydrogen) atoms. The van der Waals surface area contributed by atoms with Crippen LogP contribution >= 0.6 is 0 Å². The molecular weight excluding hydrogens is 314 g/mol. The predicted molar refractivity (Wildman–Crippen MR) is 111 cm³/mol. The fourth-order valence-corrected chi connectivity index (χ4v) is 4.46. The number of aromatic nitrogens is 1. The zero-order valence-corrected chi connectivity index (χ0v) is 14.3. The number of nitrogens with one attached hydrogen (secondary N) is 1. The summed E-state index contributed by atoms with van der Waals surface area (Å²) in [5, 5.41) is 6.58. The summed E-state index contributed by atoms with van der Waals surface area (Å²) in [5.74, 6) is 0. The van der Waals surface area contributed by atoms with Gasteiger partial charge in [-0.1, -0.05) is 78.9 Å². The second kappa shape index (κ2) is 5.09. The molecule has 5 aromatic rings. The van der Waals surface area contributed by atoms with Crippen molar-refractivity contribution in [3.63, 3.8) is 0 Å². The number of allylic oxidation sites excluding steroid dienone is 1. The summed E-state index contributed by atoms with van der Waals surface area (Å²) in [6, 6.07) is 24.2. The zero-order chi connectivity index (χ0) is 17.1. The number of fused-ring (bicyclic) bond motifs is 3. The van der Waals surface area contributed by atoms with Crippen LogP contribution < -0.4 is 0 Å². The van der Waals surface area contributed by atoms with E-state index in [9.17, 15) is 0 Å². The summed E-state index contributed by atoms with van der Waals surface area (Å²) < 4.78 is 0. The van der Waals surface area contributed by atoms with Crippen LogP contribution in [0.1, 0.15) is 11.1 Å². The lowest BCUT2D eigenvalue weighted by Crippen LogP contribution is -1.95.